The van der Waals surface area contributed by atoms with Crippen molar-refractivity contribution in [3.05, 3.63) is 21.9 Å². The highest BCUT2D eigenvalue weighted by molar-refractivity contribution is 6.41. The molecular formula is C10H14Cl2N4. The molecular weight excluding hydrogens is 247 g/mol. The zero-order valence-corrected chi connectivity index (χ0v) is 10.5. The first-order chi connectivity index (χ1) is 7.58. The van der Waals surface area contributed by atoms with Crippen LogP contribution in [0.3, 0.4) is 0 Å². The lowest BCUT2D eigenvalue weighted by atomic mass is 10.4. The van der Waals surface area contributed by atoms with Gasteiger partial charge >= 0.3 is 0 Å². The Labute approximate surface area is 104 Å². The molecule has 3 N–H and O–H groups in total. The Balaban J connectivity index is 1.99. The lowest BCUT2D eigenvalue weighted by Gasteiger charge is -2.04. The first-order valence-corrected chi connectivity index (χ1v) is 5.89. The zero-order valence-electron chi connectivity index (χ0n) is 9.00. The van der Waals surface area contributed by atoms with Crippen LogP contribution < -0.4 is 11.1 Å². The molecule has 1 aliphatic rings. The van der Waals surface area contributed by atoms with Crippen LogP contribution in [0.5, 0.6) is 0 Å². The SMILES string of the molecule is Cn1c(CN=C(N)NC2CC2)cc(Cl)c1Cl. The molecule has 0 spiro atoms. The highest BCUT2D eigenvalue weighted by atomic mass is 35.5. The third kappa shape index (κ3) is 2.62. The summed E-state index contributed by atoms with van der Waals surface area (Å²) in [6, 6.07) is 2.32. The van der Waals surface area contributed by atoms with Gasteiger partial charge in [0, 0.05) is 18.8 Å². The highest BCUT2D eigenvalue weighted by Crippen LogP contribution is 2.25. The van der Waals surface area contributed by atoms with Gasteiger partial charge in [-0.2, -0.15) is 0 Å². The second kappa shape index (κ2) is 4.55. The molecule has 0 aromatic carbocycles. The van der Waals surface area contributed by atoms with Gasteiger partial charge in [-0.3, -0.25) is 0 Å². The number of hydrogen-bond donors (Lipinski definition) is 2. The number of halogens is 2. The number of guanidine groups is 1. The molecule has 0 saturated heterocycles. The van der Waals surface area contributed by atoms with E-state index < -0.39 is 0 Å². The molecule has 88 valence electrons. The van der Waals surface area contributed by atoms with Crippen molar-refractivity contribution in [2.24, 2.45) is 17.8 Å². The molecule has 0 bridgehead atoms. The van der Waals surface area contributed by atoms with Gasteiger partial charge in [-0.15, -0.1) is 0 Å². The fourth-order valence-electron chi connectivity index (χ4n) is 1.39. The molecule has 6 heteroatoms. The van der Waals surface area contributed by atoms with E-state index in [1.165, 1.54) is 12.8 Å². The van der Waals surface area contributed by atoms with Crippen LogP contribution in [0.4, 0.5) is 0 Å². The number of nitrogens with two attached hydrogens (primary N) is 1. The van der Waals surface area contributed by atoms with E-state index in [4.69, 9.17) is 28.9 Å². The zero-order chi connectivity index (χ0) is 11.7. The predicted octanol–water partition coefficient (Wildman–Crippen LogP) is 1.90. The molecule has 1 fully saturated rings. The van der Waals surface area contributed by atoms with Gasteiger partial charge in [-0.25, -0.2) is 4.99 Å². The molecule has 0 unspecified atom stereocenters. The fourth-order valence-corrected chi connectivity index (χ4v) is 1.81. The van der Waals surface area contributed by atoms with Crippen molar-refractivity contribution < 1.29 is 0 Å². The summed E-state index contributed by atoms with van der Waals surface area (Å²) in [6.45, 7) is 0.481. The summed E-state index contributed by atoms with van der Waals surface area (Å²) in [5.41, 5.74) is 6.66. The first-order valence-electron chi connectivity index (χ1n) is 5.14. The van der Waals surface area contributed by atoms with Gasteiger partial charge in [0.15, 0.2) is 5.96 Å². The van der Waals surface area contributed by atoms with Gasteiger partial charge in [-0.05, 0) is 18.9 Å². The summed E-state index contributed by atoms with van der Waals surface area (Å²) in [5, 5.41) is 4.19. The van der Waals surface area contributed by atoms with Gasteiger partial charge in [-0.1, -0.05) is 23.2 Å². The molecule has 1 saturated carbocycles. The minimum absolute atomic E-state index is 0.481. The van der Waals surface area contributed by atoms with E-state index in [0.717, 1.165) is 5.69 Å². The molecule has 0 radical (unpaired) electrons. The summed E-state index contributed by atoms with van der Waals surface area (Å²) >= 11 is 11.8. The lowest BCUT2D eigenvalue weighted by molar-refractivity contribution is 0.812. The van der Waals surface area contributed by atoms with E-state index in [9.17, 15) is 0 Å². The predicted molar refractivity (Wildman–Crippen MR) is 66.9 cm³/mol. The lowest BCUT2D eigenvalue weighted by Crippen LogP contribution is -2.33. The van der Waals surface area contributed by atoms with Crippen LogP contribution in [0.15, 0.2) is 11.1 Å². The van der Waals surface area contributed by atoms with Crippen molar-refractivity contribution in [3.63, 3.8) is 0 Å². The maximum absolute atomic E-state index is 5.94. The topological polar surface area (TPSA) is 55.3 Å². The van der Waals surface area contributed by atoms with Crippen molar-refractivity contribution in [2.45, 2.75) is 25.4 Å². The smallest absolute Gasteiger partial charge is 0.189 e. The van der Waals surface area contributed by atoms with Crippen molar-refractivity contribution in [1.82, 2.24) is 9.88 Å². The number of hydrogen-bond acceptors (Lipinski definition) is 1. The Hall–Kier alpha value is -0.870. The van der Waals surface area contributed by atoms with E-state index in [2.05, 4.69) is 10.3 Å². The second-order valence-corrected chi connectivity index (χ2v) is 4.72. The van der Waals surface area contributed by atoms with E-state index in [0.29, 0.717) is 28.7 Å². The van der Waals surface area contributed by atoms with Gasteiger partial charge in [0.25, 0.3) is 0 Å². The molecule has 16 heavy (non-hydrogen) atoms. The van der Waals surface area contributed by atoms with Gasteiger partial charge in [0.2, 0.25) is 0 Å². The molecule has 1 heterocycles. The van der Waals surface area contributed by atoms with E-state index in [1.54, 1.807) is 10.6 Å². The Bertz CT molecular complexity index is 421. The van der Waals surface area contributed by atoms with E-state index in [-0.39, 0.29) is 0 Å². The second-order valence-electron chi connectivity index (χ2n) is 3.95. The average Bonchev–Trinajstić information content (AvgIpc) is 3.01. The van der Waals surface area contributed by atoms with Crippen LogP contribution in [-0.2, 0) is 13.6 Å². The van der Waals surface area contributed by atoms with Gasteiger partial charge < -0.3 is 15.6 Å². The quantitative estimate of drug-likeness (QED) is 0.645. The van der Waals surface area contributed by atoms with E-state index >= 15 is 0 Å². The number of aromatic nitrogens is 1. The maximum Gasteiger partial charge on any atom is 0.189 e. The third-order valence-corrected chi connectivity index (χ3v) is 3.40. The minimum atomic E-state index is 0.481. The van der Waals surface area contributed by atoms with E-state index in [1.807, 2.05) is 7.05 Å². The molecule has 1 aromatic heterocycles. The molecule has 4 nitrogen and oxygen atoms in total. The number of rotatable bonds is 3. The van der Waals surface area contributed by atoms with Crippen molar-refractivity contribution in [2.75, 3.05) is 0 Å². The van der Waals surface area contributed by atoms with Crippen LogP contribution in [0.1, 0.15) is 18.5 Å². The van der Waals surface area contributed by atoms with Crippen molar-refractivity contribution in [3.8, 4) is 0 Å². The molecule has 1 aliphatic carbocycles. The summed E-state index contributed by atoms with van der Waals surface area (Å²) in [5.74, 6) is 0.482. The van der Waals surface area contributed by atoms with Gasteiger partial charge in [0.05, 0.1) is 11.6 Å². The summed E-state index contributed by atoms with van der Waals surface area (Å²) < 4.78 is 1.80. The van der Waals surface area contributed by atoms with Crippen molar-refractivity contribution >= 4 is 29.2 Å². The molecule has 0 aliphatic heterocycles. The van der Waals surface area contributed by atoms with Crippen LogP contribution in [0, 0.1) is 0 Å². The van der Waals surface area contributed by atoms with Crippen LogP contribution >= 0.6 is 23.2 Å². The average molecular weight is 261 g/mol. The maximum atomic E-state index is 5.94. The Morgan fingerprint density at radius 3 is 2.81 bits per heavy atom. The van der Waals surface area contributed by atoms with Gasteiger partial charge in [0.1, 0.15) is 5.15 Å². The summed E-state index contributed by atoms with van der Waals surface area (Å²) in [4.78, 5) is 4.24. The van der Waals surface area contributed by atoms with Crippen LogP contribution in [0.2, 0.25) is 10.2 Å². The molecule has 0 atom stereocenters. The number of aliphatic imine (C=N–C) groups is 1. The molecule has 1 aromatic rings. The minimum Gasteiger partial charge on any atom is -0.370 e. The summed E-state index contributed by atoms with van der Waals surface area (Å²) in [6.07, 6.45) is 2.36. The highest BCUT2D eigenvalue weighted by Gasteiger charge is 2.21. The first kappa shape index (κ1) is 11.6. The van der Waals surface area contributed by atoms with Crippen LogP contribution in [-0.4, -0.2) is 16.6 Å². The summed E-state index contributed by atoms with van der Waals surface area (Å²) in [7, 11) is 1.85. The number of nitrogens with zero attached hydrogens (tertiary/aromatic N) is 2. The fraction of sp³-hybridized carbons (Fsp3) is 0.500. The van der Waals surface area contributed by atoms with Crippen molar-refractivity contribution in [1.29, 1.82) is 0 Å². The normalized spacial score (nSPS) is 16.6. The van der Waals surface area contributed by atoms with Crippen LogP contribution in [0.25, 0.3) is 0 Å². The Kier molecular flexibility index (Phi) is 3.30. The Morgan fingerprint density at radius 1 is 1.62 bits per heavy atom. The third-order valence-electron chi connectivity index (χ3n) is 2.56. The Morgan fingerprint density at radius 2 is 2.31 bits per heavy atom. The number of nitrogens with one attached hydrogen (secondary N) is 1. The molecule has 2 rings (SSSR count). The largest absolute Gasteiger partial charge is 0.370 e. The molecule has 0 amide bonds. The monoisotopic (exact) mass is 260 g/mol. The standard InChI is InChI=1S/C10H14Cl2N4/c1-16-7(4-8(11)9(16)12)5-14-10(13)15-6-2-3-6/h4,6H,2-3,5H2,1H3,(H3,13,14,15).